The number of fused-ring (bicyclic) bond motifs is 1. The molecule has 4 aromatic rings. The number of hydrogen-bond acceptors (Lipinski definition) is 6. The molecule has 0 saturated carbocycles. The second-order valence-electron chi connectivity index (χ2n) is 8.51. The second-order valence-corrected chi connectivity index (χ2v) is 8.95. The van der Waals surface area contributed by atoms with Gasteiger partial charge in [0.05, 0.1) is 34.1 Å². The Bertz CT molecular complexity index is 1560. The number of aromatic nitrogens is 3. The van der Waals surface area contributed by atoms with Crippen molar-refractivity contribution in [3.63, 3.8) is 0 Å². The maximum Gasteiger partial charge on any atom is 0.418 e. The summed E-state index contributed by atoms with van der Waals surface area (Å²) in [6, 6.07) is 15.5. The predicted molar refractivity (Wildman–Crippen MR) is 137 cm³/mol. The molecule has 2 amide bonds. The summed E-state index contributed by atoms with van der Waals surface area (Å²) >= 11 is 5.73. The molecule has 0 bridgehead atoms. The first-order valence-electron chi connectivity index (χ1n) is 11.5. The average Bonchev–Trinajstić information content (AvgIpc) is 2.93. The minimum Gasteiger partial charge on any atom is -0.351 e. The molecule has 3 heterocycles. The van der Waals surface area contributed by atoms with Crippen molar-refractivity contribution in [2.45, 2.75) is 6.18 Å². The van der Waals surface area contributed by atoms with Gasteiger partial charge in [-0.25, -0.2) is 19.7 Å². The van der Waals surface area contributed by atoms with Gasteiger partial charge in [0, 0.05) is 36.8 Å². The van der Waals surface area contributed by atoms with Gasteiger partial charge < -0.3 is 15.1 Å². The Morgan fingerprint density at radius 2 is 1.79 bits per heavy atom. The van der Waals surface area contributed by atoms with Crippen LogP contribution in [0.4, 0.5) is 29.5 Å². The lowest BCUT2D eigenvalue weighted by atomic mass is 10.0. The van der Waals surface area contributed by atoms with E-state index in [0.29, 0.717) is 46.8 Å². The highest BCUT2D eigenvalue weighted by Gasteiger charge is 2.35. The van der Waals surface area contributed by atoms with E-state index in [-0.39, 0.29) is 23.8 Å². The fourth-order valence-electron chi connectivity index (χ4n) is 4.29. The number of amides is 2. The quantitative estimate of drug-likeness (QED) is 0.366. The highest BCUT2D eigenvalue weighted by Crippen LogP contribution is 2.36. The lowest BCUT2D eigenvalue weighted by Gasteiger charge is -2.35. The summed E-state index contributed by atoms with van der Waals surface area (Å²) in [4.78, 5) is 29.6. The van der Waals surface area contributed by atoms with Crippen LogP contribution in [0.3, 0.4) is 0 Å². The van der Waals surface area contributed by atoms with Crippen LogP contribution in [0.5, 0.6) is 0 Å². The van der Waals surface area contributed by atoms with Gasteiger partial charge in [-0.1, -0.05) is 29.8 Å². The van der Waals surface area contributed by atoms with E-state index in [1.54, 1.807) is 18.2 Å². The molecule has 8 nitrogen and oxygen atoms in total. The molecular weight excluding hydrogens is 519 g/mol. The van der Waals surface area contributed by atoms with E-state index in [9.17, 15) is 23.2 Å². The third kappa shape index (κ3) is 5.03. The summed E-state index contributed by atoms with van der Waals surface area (Å²) in [6.07, 6.45) is -3.24. The highest BCUT2D eigenvalue weighted by molar-refractivity contribution is 6.30. The minimum absolute atomic E-state index is 0.0751. The smallest absolute Gasteiger partial charge is 0.351 e. The fraction of sp³-hybridized carbons (Fsp3) is 0.192. The van der Waals surface area contributed by atoms with Crippen molar-refractivity contribution in [3.05, 3.63) is 77.1 Å². The number of urea groups is 1. The van der Waals surface area contributed by atoms with Gasteiger partial charge in [-0.2, -0.15) is 18.4 Å². The van der Waals surface area contributed by atoms with Crippen molar-refractivity contribution in [2.24, 2.45) is 0 Å². The van der Waals surface area contributed by atoms with Crippen LogP contribution in [0.2, 0.25) is 5.02 Å². The van der Waals surface area contributed by atoms with E-state index in [1.165, 1.54) is 17.3 Å². The largest absolute Gasteiger partial charge is 0.418 e. The van der Waals surface area contributed by atoms with Crippen LogP contribution in [-0.4, -0.2) is 52.1 Å². The number of piperazine rings is 1. The number of halogens is 4. The number of pyridine rings is 1. The van der Waals surface area contributed by atoms with Gasteiger partial charge in [-0.15, -0.1) is 0 Å². The average molecular weight is 538 g/mol. The Balaban J connectivity index is 1.34. The number of rotatable bonds is 3. The van der Waals surface area contributed by atoms with Gasteiger partial charge in [0.15, 0.2) is 5.82 Å². The molecule has 0 unspecified atom stereocenters. The lowest BCUT2D eigenvalue weighted by Crippen LogP contribution is -2.50. The maximum absolute atomic E-state index is 13.4. The van der Waals surface area contributed by atoms with Crippen LogP contribution in [0, 0.1) is 11.3 Å². The first kappa shape index (κ1) is 25.2. The van der Waals surface area contributed by atoms with Crippen molar-refractivity contribution < 1.29 is 18.0 Å². The summed E-state index contributed by atoms with van der Waals surface area (Å²) in [7, 11) is 0. The van der Waals surface area contributed by atoms with E-state index < -0.39 is 17.8 Å². The molecule has 1 aliphatic rings. The zero-order valence-corrected chi connectivity index (χ0v) is 20.5. The van der Waals surface area contributed by atoms with E-state index >= 15 is 0 Å². The van der Waals surface area contributed by atoms with Crippen molar-refractivity contribution >= 4 is 40.2 Å². The molecule has 192 valence electrons. The molecule has 0 atom stereocenters. The van der Waals surface area contributed by atoms with Crippen LogP contribution in [-0.2, 0) is 6.18 Å². The molecule has 38 heavy (non-hydrogen) atoms. The number of nitriles is 1. The number of nitrogens with one attached hydrogen (secondary N) is 1. The Labute approximate surface area is 220 Å². The monoisotopic (exact) mass is 537 g/mol. The zero-order chi connectivity index (χ0) is 26.9. The molecule has 2 aromatic carbocycles. The van der Waals surface area contributed by atoms with Crippen molar-refractivity contribution in [3.8, 4) is 17.3 Å². The van der Waals surface area contributed by atoms with Gasteiger partial charge in [0.25, 0.3) is 0 Å². The molecule has 0 spiro atoms. The van der Waals surface area contributed by atoms with E-state index in [4.69, 9.17) is 16.6 Å². The minimum atomic E-state index is -4.67. The third-order valence-electron chi connectivity index (χ3n) is 6.18. The third-order valence-corrected chi connectivity index (χ3v) is 6.42. The summed E-state index contributed by atoms with van der Waals surface area (Å²) in [5.41, 5.74) is 1.59. The Hall–Kier alpha value is -4.43. The molecule has 1 fully saturated rings. The van der Waals surface area contributed by atoms with Crippen LogP contribution in [0.1, 0.15) is 11.1 Å². The van der Waals surface area contributed by atoms with Gasteiger partial charge in [0.1, 0.15) is 11.8 Å². The number of carbonyl (C=O) groups is 1. The van der Waals surface area contributed by atoms with E-state index in [2.05, 4.69) is 21.4 Å². The molecule has 0 radical (unpaired) electrons. The fourth-order valence-corrected chi connectivity index (χ4v) is 4.46. The van der Waals surface area contributed by atoms with Gasteiger partial charge >= 0.3 is 12.2 Å². The zero-order valence-electron chi connectivity index (χ0n) is 19.7. The predicted octanol–water partition coefficient (Wildman–Crippen LogP) is 5.59. The molecule has 1 aliphatic heterocycles. The number of nitrogens with zero attached hydrogens (tertiary/aromatic N) is 6. The summed E-state index contributed by atoms with van der Waals surface area (Å²) in [5.74, 6) is 0.573. The molecule has 1 saturated heterocycles. The lowest BCUT2D eigenvalue weighted by molar-refractivity contribution is -0.136. The Kier molecular flexibility index (Phi) is 6.73. The number of hydrogen-bond donors (Lipinski definition) is 1. The van der Waals surface area contributed by atoms with Crippen molar-refractivity contribution in [2.75, 3.05) is 36.4 Å². The second kappa shape index (κ2) is 10.1. The molecule has 5 rings (SSSR count). The Morgan fingerprint density at radius 3 is 2.53 bits per heavy atom. The van der Waals surface area contributed by atoms with Crippen LogP contribution >= 0.6 is 11.6 Å². The van der Waals surface area contributed by atoms with Crippen LogP contribution < -0.4 is 10.2 Å². The van der Waals surface area contributed by atoms with E-state index in [0.717, 1.165) is 12.1 Å². The first-order valence-corrected chi connectivity index (χ1v) is 11.9. The van der Waals surface area contributed by atoms with Gasteiger partial charge in [-0.05, 0) is 36.4 Å². The molecule has 1 N–H and O–H groups in total. The number of anilines is 2. The summed E-state index contributed by atoms with van der Waals surface area (Å²) in [5, 5.41) is 11.8. The number of alkyl halides is 3. The van der Waals surface area contributed by atoms with Crippen LogP contribution in [0.15, 0.2) is 60.9 Å². The van der Waals surface area contributed by atoms with Crippen molar-refractivity contribution in [1.29, 1.82) is 5.26 Å². The van der Waals surface area contributed by atoms with Gasteiger partial charge in [-0.3, -0.25) is 0 Å². The molecule has 2 aromatic heterocycles. The highest BCUT2D eigenvalue weighted by atomic mass is 35.5. The normalized spacial score (nSPS) is 13.9. The number of carbonyl (C=O) groups excluding carboxylic acids is 1. The SMILES string of the molecule is N#Cc1ccccc1-c1ccc2ncnc(N3CCN(C(=O)Nc4ccc(Cl)cc4C(F)(F)F)CC3)c2n1. The summed E-state index contributed by atoms with van der Waals surface area (Å²) in [6.45, 7) is 1.27. The standard InChI is InChI=1S/C26H19ClF3N7O/c27-17-5-6-21(19(13-17)26(28,29)30)35-25(38)37-11-9-36(10-12-37)24-23-22(32-15-33-24)8-7-20(34-23)18-4-2-1-3-16(18)14-31/h1-8,13,15H,9-12H2,(H,35,38). The molecule has 12 heteroatoms. The topological polar surface area (TPSA) is 98.0 Å². The molecule has 0 aliphatic carbocycles. The van der Waals surface area contributed by atoms with Crippen LogP contribution in [0.25, 0.3) is 22.3 Å². The maximum atomic E-state index is 13.4. The number of benzene rings is 2. The van der Waals surface area contributed by atoms with Gasteiger partial charge in [0.2, 0.25) is 0 Å². The Morgan fingerprint density at radius 1 is 1.03 bits per heavy atom. The first-order chi connectivity index (χ1) is 18.2. The summed E-state index contributed by atoms with van der Waals surface area (Å²) < 4.78 is 40.2. The molecular formula is C26H19ClF3N7O. The van der Waals surface area contributed by atoms with E-state index in [1.807, 2.05) is 23.1 Å². The van der Waals surface area contributed by atoms with Crippen molar-refractivity contribution in [1.82, 2.24) is 19.9 Å².